The van der Waals surface area contributed by atoms with Gasteiger partial charge in [-0.05, 0) is 50.5 Å². The van der Waals surface area contributed by atoms with Crippen LogP contribution in [0.15, 0.2) is 12.3 Å². The molecule has 2 atom stereocenters. The summed E-state index contributed by atoms with van der Waals surface area (Å²) in [7, 11) is 0. The molecule has 1 aromatic rings. The molecule has 2 fully saturated rings. The van der Waals surface area contributed by atoms with Crippen molar-refractivity contribution in [2.24, 2.45) is 11.8 Å². The fourth-order valence-corrected chi connectivity index (χ4v) is 3.98. The lowest BCUT2D eigenvalue weighted by atomic mass is 9.86. The lowest BCUT2D eigenvalue weighted by molar-refractivity contribution is -0.142. The smallest absolute Gasteiger partial charge is 0.306 e. The molecule has 1 saturated heterocycles. The number of hydrogen-bond acceptors (Lipinski definition) is 6. The van der Waals surface area contributed by atoms with Gasteiger partial charge in [0.2, 0.25) is 5.95 Å². The molecule has 1 aromatic heterocycles. The molecule has 1 saturated carbocycles. The van der Waals surface area contributed by atoms with Gasteiger partial charge in [0.15, 0.2) is 0 Å². The third-order valence-corrected chi connectivity index (χ3v) is 5.42. The van der Waals surface area contributed by atoms with Crippen LogP contribution in [-0.2, 0) is 9.53 Å². The van der Waals surface area contributed by atoms with Crippen molar-refractivity contribution in [1.82, 2.24) is 9.97 Å². The quantitative estimate of drug-likeness (QED) is 0.715. The number of hydrogen-bond donors (Lipinski definition) is 3. The van der Waals surface area contributed by atoms with Crippen LogP contribution in [0, 0.1) is 11.8 Å². The molecule has 3 N–H and O–H groups in total. The number of ether oxygens (including phenoxy) is 1. The molecule has 7 heteroatoms. The van der Waals surface area contributed by atoms with E-state index in [-0.39, 0.29) is 24.1 Å². The van der Waals surface area contributed by atoms with E-state index in [0.717, 1.165) is 38.1 Å². The van der Waals surface area contributed by atoms with Crippen LogP contribution in [0.5, 0.6) is 0 Å². The van der Waals surface area contributed by atoms with Crippen LogP contribution >= 0.6 is 0 Å². The second-order valence-electron chi connectivity index (χ2n) is 7.77. The summed E-state index contributed by atoms with van der Waals surface area (Å²) < 4.78 is 5.94. The number of aliphatic carboxylic acids is 1. The average Bonchev–Trinajstić information content (AvgIpc) is 2.63. The highest BCUT2D eigenvalue weighted by molar-refractivity contribution is 5.70. The summed E-state index contributed by atoms with van der Waals surface area (Å²) in [6, 6.07) is 2.39. The third kappa shape index (κ3) is 4.84. The lowest BCUT2D eigenvalue weighted by Crippen LogP contribution is -2.43. The van der Waals surface area contributed by atoms with Crippen molar-refractivity contribution in [3.05, 3.63) is 12.3 Å². The maximum Gasteiger partial charge on any atom is 0.306 e. The van der Waals surface area contributed by atoms with Crippen molar-refractivity contribution in [3.8, 4) is 0 Å². The average molecular weight is 362 g/mol. The summed E-state index contributed by atoms with van der Waals surface area (Å²) in [6.07, 6.45) is 7.18. The highest BCUT2D eigenvalue weighted by atomic mass is 16.5. The predicted octanol–water partition coefficient (Wildman–Crippen LogP) is 3.15. The molecule has 1 aliphatic heterocycles. The molecule has 2 unspecified atom stereocenters. The molecule has 0 amide bonds. The van der Waals surface area contributed by atoms with E-state index in [1.807, 2.05) is 6.07 Å². The lowest BCUT2D eigenvalue weighted by Gasteiger charge is -2.35. The van der Waals surface area contributed by atoms with Crippen LogP contribution in [0.2, 0.25) is 0 Å². The van der Waals surface area contributed by atoms with Gasteiger partial charge in [0.25, 0.3) is 0 Å². The van der Waals surface area contributed by atoms with Crippen LogP contribution in [0.4, 0.5) is 11.8 Å². The summed E-state index contributed by atoms with van der Waals surface area (Å²) in [4.78, 5) is 20.0. The molecule has 2 aliphatic rings. The number of anilines is 2. The highest BCUT2D eigenvalue weighted by Gasteiger charge is 2.29. The molecule has 3 rings (SSSR count). The Morgan fingerprint density at radius 2 is 2.00 bits per heavy atom. The largest absolute Gasteiger partial charge is 0.481 e. The van der Waals surface area contributed by atoms with Crippen molar-refractivity contribution in [2.45, 2.75) is 70.6 Å². The topological polar surface area (TPSA) is 96.4 Å². The summed E-state index contributed by atoms with van der Waals surface area (Å²) >= 11 is 0. The number of aromatic nitrogens is 2. The van der Waals surface area contributed by atoms with E-state index >= 15 is 0 Å². The van der Waals surface area contributed by atoms with Gasteiger partial charge in [-0.2, -0.15) is 4.98 Å². The molecule has 1 aliphatic carbocycles. The summed E-state index contributed by atoms with van der Waals surface area (Å²) in [5.41, 5.74) is 0. The van der Waals surface area contributed by atoms with Gasteiger partial charge < -0.3 is 20.5 Å². The molecular weight excluding hydrogens is 332 g/mol. The van der Waals surface area contributed by atoms with E-state index in [1.165, 1.54) is 0 Å². The second kappa shape index (κ2) is 8.66. The Bertz CT molecular complexity index is 602. The van der Waals surface area contributed by atoms with Gasteiger partial charge in [-0.25, -0.2) is 4.98 Å². The molecule has 144 valence electrons. The van der Waals surface area contributed by atoms with Crippen LogP contribution in [0.1, 0.15) is 52.4 Å². The number of carboxylic acids is 1. The van der Waals surface area contributed by atoms with Crippen LogP contribution in [-0.4, -0.2) is 45.8 Å². The number of nitrogens with one attached hydrogen (secondary N) is 2. The molecular formula is C19H30N4O3. The zero-order chi connectivity index (χ0) is 18.5. The minimum absolute atomic E-state index is 0.196. The Morgan fingerprint density at radius 1 is 1.23 bits per heavy atom. The second-order valence-corrected chi connectivity index (χ2v) is 7.77. The highest BCUT2D eigenvalue weighted by Crippen LogP contribution is 2.27. The van der Waals surface area contributed by atoms with Gasteiger partial charge >= 0.3 is 5.97 Å². The third-order valence-electron chi connectivity index (χ3n) is 5.42. The van der Waals surface area contributed by atoms with E-state index < -0.39 is 5.97 Å². The number of rotatable bonds is 6. The molecule has 7 nitrogen and oxygen atoms in total. The Morgan fingerprint density at radius 3 is 2.69 bits per heavy atom. The van der Waals surface area contributed by atoms with E-state index in [2.05, 4.69) is 34.4 Å². The summed E-state index contributed by atoms with van der Waals surface area (Å²) in [5, 5.41) is 16.0. The van der Waals surface area contributed by atoms with Crippen molar-refractivity contribution in [3.63, 3.8) is 0 Å². The molecule has 0 aromatic carbocycles. The monoisotopic (exact) mass is 362 g/mol. The summed E-state index contributed by atoms with van der Waals surface area (Å²) in [5.74, 6) is 0.979. The van der Waals surface area contributed by atoms with Gasteiger partial charge in [0.05, 0.1) is 18.1 Å². The fraction of sp³-hybridized carbons (Fsp3) is 0.737. The normalized spacial score (nSPS) is 29.3. The maximum atomic E-state index is 11.1. The Balaban J connectivity index is 1.57. The first-order valence-electron chi connectivity index (χ1n) is 9.73. The standard InChI is InChI=1S/C19H30N4O3/c1-12(2)17-15(4-3-11-26-17)22-16-9-10-20-19(23-16)21-14-7-5-13(6-8-14)18(24)25/h9-10,12-15,17H,3-8,11H2,1-2H3,(H,24,25)(H2,20,21,22,23). The van der Waals surface area contributed by atoms with Gasteiger partial charge in [0, 0.05) is 18.8 Å². The van der Waals surface area contributed by atoms with E-state index in [4.69, 9.17) is 9.84 Å². The summed E-state index contributed by atoms with van der Waals surface area (Å²) in [6.45, 7) is 5.20. The van der Waals surface area contributed by atoms with Crippen molar-refractivity contribution >= 4 is 17.7 Å². The number of nitrogens with zero attached hydrogens (tertiary/aromatic N) is 2. The van der Waals surface area contributed by atoms with Crippen molar-refractivity contribution in [1.29, 1.82) is 0 Å². The van der Waals surface area contributed by atoms with Gasteiger partial charge in [0.1, 0.15) is 5.82 Å². The first kappa shape index (κ1) is 18.9. The SMILES string of the molecule is CC(C)C1OCCCC1Nc1ccnc(NC2CCC(C(=O)O)CC2)n1. The molecule has 26 heavy (non-hydrogen) atoms. The number of carboxylic acid groups (broad SMARTS) is 1. The van der Waals surface area contributed by atoms with E-state index in [9.17, 15) is 4.79 Å². The van der Waals surface area contributed by atoms with Crippen LogP contribution in [0.3, 0.4) is 0 Å². The molecule has 2 heterocycles. The molecule has 0 radical (unpaired) electrons. The molecule has 0 spiro atoms. The van der Waals surface area contributed by atoms with Crippen molar-refractivity contribution in [2.75, 3.05) is 17.2 Å². The minimum atomic E-state index is -0.680. The Labute approximate surface area is 155 Å². The first-order chi connectivity index (χ1) is 12.5. The maximum absolute atomic E-state index is 11.1. The van der Waals surface area contributed by atoms with Gasteiger partial charge in [-0.3, -0.25) is 4.79 Å². The predicted molar refractivity (Wildman–Crippen MR) is 100 cm³/mol. The van der Waals surface area contributed by atoms with E-state index in [0.29, 0.717) is 24.7 Å². The van der Waals surface area contributed by atoms with Gasteiger partial charge in [-0.1, -0.05) is 13.8 Å². The van der Waals surface area contributed by atoms with Crippen molar-refractivity contribution < 1.29 is 14.6 Å². The zero-order valence-electron chi connectivity index (χ0n) is 15.6. The van der Waals surface area contributed by atoms with E-state index in [1.54, 1.807) is 6.20 Å². The van der Waals surface area contributed by atoms with Crippen LogP contribution in [0.25, 0.3) is 0 Å². The number of carbonyl (C=O) groups is 1. The first-order valence-corrected chi connectivity index (χ1v) is 9.73. The molecule has 0 bridgehead atoms. The van der Waals surface area contributed by atoms with Gasteiger partial charge in [-0.15, -0.1) is 0 Å². The Kier molecular flexibility index (Phi) is 6.29. The Hall–Kier alpha value is -1.89. The minimum Gasteiger partial charge on any atom is -0.481 e. The zero-order valence-corrected chi connectivity index (χ0v) is 15.6. The van der Waals surface area contributed by atoms with Crippen LogP contribution < -0.4 is 10.6 Å². The fourth-order valence-electron chi connectivity index (χ4n) is 3.98.